The van der Waals surface area contributed by atoms with Gasteiger partial charge in [-0.15, -0.1) is 0 Å². The molecule has 0 N–H and O–H groups in total. The van der Waals surface area contributed by atoms with E-state index in [1.165, 1.54) is 128 Å². The fraction of sp³-hybridized carbons (Fsp3) is 0.824. The smallest absolute Gasteiger partial charge is 0.245 e. The molecule has 0 bridgehead atoms. The van der Waals surface area contributed by atoms with Gasteiger partial charge < -0.3 is 9.47 Å². The van der Waals surface area contributed by atoms with Gasteiger partial charge in [0.1, 0.15) is 24.8 Å². The molecule has 0 unspecified atom stereocenters. The van der Waals surface area contributed by atoms with Crippen LogP contribution in [0.4, 0.5) is 0 Å². The molecule has 2 aromatic rings. The number of hydrogen-bond donors (Lipinski definition) is 0. The highest BCUT2D eigenvalue weighted by molar-refractivity contribution is 4.66. The van der Waals surface area contributed by atoms with E-state index in [0.717, 1.165) is 13.1 Å². The van der Waals surface area contributed by atoms with E-state index in [2.05, 4.69) is 69.6 Å². The first-order chi connectivity index (χ1) is 19.8. The molecule has 0 saturated carbocycles. The Hall–Kier alpha value is -1.66. The van der Waals surface area contributed by atoms with Crippen LogP contribution in [0.2, 0.25) is 0 Å². The Morgan fingerprint density at radius 1 is 0.450 bits per heavy atom. The van der Waals surface area contributed by atoms with Crippen molar-refractivity contribution in [2.75, 3.05) is 13.2 Å². The van der Waals surface area contributed by atoms with Gasteiger partial charge >= 0.3 is 0 Å². The lowest BCUT2D eigenvalue weighted by molar-refractivity contribution is -0.737. The van der Waals surface area contributed by atoms with Crippen LogP contribution in [-0.4, -0.2) is 22.3 Å². The number of hydrogen-bond acceptors (Lipinski definition) is 2. The van der Waals surface area contributed by atoms with Gasteiger partial charge in [0.2, 0.25) is 12.7 Å². The van der Waals surface area contributed by atoms with Crippen molar-refractivity contribution in [2.24, 2.45) is 0 Å². The SMILES string of the molecule is CCCCCCCCCCCCn1cc[n+](COCCOC[n+]2ccn(CCCCCCCCCCCC)c2)c1. The van der Waals surface area contributed by atoms with Crippen molar-refractivity contribution < 1.29 is 18.6 Å². The predicted molar refractivity (Wildman–Crippen MR) is 165 cm³/mol. The summed E-state index contributed by atoms with van der Waals surface area (Å²) in [6.45, 7) is 9.15. The monoisotopic (exact) mass is 561 g/mol. The molecule has 0 aliphatic carbocycles. The van der Waals surface area contributed by atoms with Crippen LogP contribution < -0.4 is 9.13 Å². The van der Waals surface area contributed by atoms with Crippen LogP contribution >= 0.6 is 0 Å². The van der Waals surface area contributed by atoms with Gasteiger partial charge in [-0.3, -0.25) is 0 Å². The minimum Gasteiger partial charge on any atom is -0.339 e. The quantitative estimate of drug-likeness (QED) is 0.0740. The Morgan fingerprint density at radius 2 is 0.775 bits per heavy atom. The van der Waals surface area contributed by atoms with Crippen molar-refractivity contribution in [2.45, 2.75) is 169 Å². The molecule has 230 valence electrons. The summed E-state index contributed by atoms with van der Waals surface area (Å²) in [7, 11) is 0. The first kappa shape index (κ1) is 34.5. The van der Waals surface area contributed by atoms with Crippen molar-refractivity contribution in [1.29, 1.82) is 0 Å². The van der Waals surface area contributed by atoms with Crippen LogP contribution in [0.1, 0.15) is 142 Å². The zero-order valence-electron chi connectivity index (χ0n) is 26.5. The molecule has 0 radical (unpaired) electrons. The zero-order valence-corrected chi connectivity index (χ0v) is 26.5. The van der Waals surface area contributed by atoms with Gasteiger partial charge in [0, 0.05) is 0 Å². The molecule has 0 aliphatic rings. The fourth-order valence-corrected chi connectivity index (χ4v) is 5.32. The molecular formula is C34H64N4O2+2. The lowest BCUT2D eigenvalue weighted by Crippen LogP contribution is -2.35. The van der Waals surface area contributed by atoms with Gasteiger partial charge in [0.25, 0.3) is 0 Å². The number of nitrogens with zero attached hydrogens (tertiary/aromatic N) is 4. The average Bonchev–Trinajstić information content (AvgIpc) is 3.62. The van der Waals surface area contributed by atoms with Crippen LogP contribution in [-0.2, 0) is 36.0 Å². The highest BCUT2D eigenvalue weighted by Gasteiger charge is 2.06. The summed E-state index contributed by atoms with van der Waals surface area (Å²) in [6, 6.07) is 0. The fourth-order valence-electron chi connectivity index (χ4n) is 5.32. The predicted octanol–water partition coefficient (Wildman–Crippen LogP) is 8.35. The summed E-state index contributed by atoms with van der Waals surface area (Å²) < 4.78 is 20.4. The maximum absolute atomic E-state index is 5.81. The maximum Gasteiger partial charge on any atom is 0.245 e. The molecule has 0 aromatic carbocycles. The van der Waals surface area contributed by atoms with Gasteiger partial charge in [-0.05, 0) is 25.7 Å². The summed E-state index contributed by atoms with van der Waals surface area (Å²) in [6.07, 6.45) is 40.5. The standard InChI is InChI=1S/C34H64N4O2/c1-3-5-7-9-11-13-15-17-19-21-23-35-25-27-37(31-35)33-39-29-30-40-34-38-28-26-36(32-38)24-22-20-18-16-14-12-10-8-6-4-2/h25-28,31-32H,3-24,29-30,33-34H2,1-2H3/q+2. The van der Waals surface area contributed by atoms with Crippen molar-refractivity contribution in [3.63, 3.8) is 0 Å². The van der Waals surface area contributed by atoms with Crippen molar-refractivity contribution in [1.82, 2.24) is 9.13 Å². The Balaban J connectivity index is 1.38. The van der Waals surface area contributed by atoms with Gasteiger partial charge in [0.05, 0.1) is 26.3 Å². The minimum absolute atomic E-state index is 0.580. The summed E-state index contributed by atoms with van der Waals surface area (Å²) in [5.74, 6) is 0. The number of imidazole rings is 2. The van der Waals surface area contributed by atoms with Gasteiger partial charge in [-0.2, -0.15) is 0 Å². The number of aryl methyl sites for hydroxylation is 2. The first-order valence-corrected chi connectivity index (χ1v) is 17.1. The summed E-state index contributed by atoms with van der Waals surface area (Å²) in [5, 5.41) is 0. The number of unbranched alkanes of at least 4 members (excludes halogenated alkanes) is 18. The van der Waals surface area contributed by atoms with E-state index in [-0.39, 0.29) is 0 Å². The highest BCUT2D eigenvalue weighted by Crippen LogP contribution is 2.12. The van der Waals surface area contributed by atoms with Crippen molar-refractivity contribution in [3.8, 4) is 0 Å². The molecule has 2 aromatic heterocycles. The van der Waals surface area contributed by atoms with Crippen molar-refractivity contribution in [3.05, 3.63) is 37.4 Å². The average molecular weight is 561 g/mol. The van der Waals surface area contributed by atoms with Gasteiger partial charge in [-0.25, -0.2) is 18.3 Å². The molecule has 0 aliphatic heterocycles. The molecule has 0 spiro atoms. The third-order valence-corrected chi connectivity index (χ3v) is 7.88. The lowest BCUT2D eigenvalue weighted by atomic mass is 10.1. The van der Waals surface area contributed by atoms with E-state index in [0.29, 0.717) is 26.7 Å². The van der Waals surface area contributed by atoms with E-state index in [1.54, 1.807) is 0 Å². The molecule has 0 fully saturated rings. The zero-order chi connectivity index (χ0) is 28.4. The maximum atomic E-state index is 5.81. The number of ether oxygens (including phenoxy) is 2. The normalized spacial score (nSPS) is 11.6. The second-order valence-electron chi connectivity index (χ2n) is 11.8. The van der Waals surface area contributed by atoms with Crippen LogP contribution in [0, 0.1) is 0 Å². The van der Waals surface area contributed by atoms with Crippen LogP contribution in [0.3, 0.4) is 0 Å². The third kappa shape index (κ3) is 18.6. The Labute approximate surface area is 247 Å². The summed E-state index contributed by atoms with van der Waals surface area (Å²) in [4.78, 5) is 0. The largest absolute Gasteiger partial charge is 0.339 e. The van der Waals surface area contributed by atoms with E-state index in [9.17, 15) is 0 Å². The topological polar surface area (TPSA) is 36.1 Å². The van der Waals surface area contributed by atoms with E-state index in [4.69, 9.17) is 9.47 Å². The molecule has 2 rings (SSSR count). The van der Waals surface area contributed by atoms with Crippen LogP contribution in [0.5, 0.6) is 0 Å². The van der Waals surface area contributed by atoms with Crippen LogP contribution in [0.15, 0.2) is 37.4 Å². The molecular weight excluding hydrogens is 496 g/mol. The van der Waals surface area contributed by atoms with E-state index < -0.39 is 0 Å². The second-order valence-corrected chi connectivity index (χ2v) is 11.8. The Morgan fingerprint density at radius 3 is 1.12 bits per heavy atom. The lowest BCUT2D eigenvalue weighted by Gasteiger charge is -2.03. The molecule has 6 heteroatoms. The molecule has 0 amide bonds. The summed E-state index contributed by atoms with van der Waals surface area (Å²) in [5.41, 5.74) is 0. The van der Waals surface area contributed by atoms with Gasteiger partial charge in [-0.1, -0.05) is 117 Å². The highest BCUT2D eigenvalue weighted by atomic mass is 16.5. The second kappa shape index (κ2) is 25.1. The van der Waals surface area contributed by atoms with Crippen LogP contribution in [0.25, 0.3) is 0 Å². The molecule has 2 heterocycles. The Kier molecular flexibility index (Phi) is 21.7. The Bertz CT molecular complexity index is 737. The van der Waals surface area contributed by atoms with E-state index in [1.807, 2.05) is 0 Å². The number of aromatic nitrogens is 4. The molecule has 40 heavy (non-hydrogen) atoms. The minimum atomic E-state index is 0.580. The van der Waals surface area contributed by atoms with E-state index >= 15 is 0 Å². The molecule has 0 atom stereocenters. The molecule has 0 saturated heterocycles. The molecule has 6 nitrogen and oxygen atoms in total. The van der Waals surface area contributed by atoms with Crippen molar-refractivity contribution >= 4 is 0 Å². The number of rotatable bonds is 29. The van der Waals surface area contributed by atoms with Gasteiger partial charge in [0.15, 0.2) is 13.5 Å². The third-order valence-electron chi connectivity index (χ3n) is 7.88. The first-order valence-electron chi connectivity index (χ1n) is 17.1. The summed E-state index contributed by atoms with van der Waals surface area (Å²) >= 11 is 0.